The molecule has 0 saturated heterocycles. The predicted molar refractivity (Wildman–Crippen MR) is 32.9 cm³/mol. The van der Waals surface area contributed by atoms with E-state index in [1.807, 2.05) is 0 Å². The molecule has 0 unspecified atom stereocenters. The Balaban J connectivity index is 2.66. The molecule has 0 N–H and O–H groups in total. The molecule has 0 spiro atoms. The van der Waals surface area contributed by atoms with Crippen molar-refractivity contribution in [3.8, 4) is 0 Å². The minimum atomic E-state index is -0.884. The van der Waals surface area contributed by atoms with E-state index in [1.165, 1.54) is 5.01 Å². The zero-order chi connectivity index (χ0) is 7.72. The van der Waals surface area contributed by atoms with Crippen LogP contribution in [0.1, 0.15) is 6.92 Å². The maximum atomic E-state index is 10.2. The summed E-state index contributed by atoms with van der Waals surface area (Å²) < 4.78 is 0. The quantitative estimate of drug-likeness (QED) is 0.392. The highest BCUT2D eigenvalue weighted by Crippen LogP contribution is 2.14. The van der Waals surface area contributed by atoms with Crippen LogP contribution in [0.4, 0.5) is 0 Å². The van der Waals surface area contributed by atoms with E-state index in [0.29, 0.717) is 0 Å². The van der Waals surface area contributed by atoms with E-state index in [-0.39, 0.29) is 6.04 Å². The monoisotopic (exact) mass is 144 g/mol. The van der Waals surface area contributed by atoms with Crippen molar-refractivity contribution in [3.63, 3.8) is 0 Å². The maximum Gasteiger partial charge on any atom is 0.343 e. The van der Waals surface area contributed by atoms with Crippen LogP contribution < -0.4 is 0 Å². The summed E-state index contributed by atoms with van der Waals surface area (Å²) in [6.45, 7) is 1.72. The third-order valence-electron chi connectivity index (χ3n) is 1.55. The van der Waals surface area contributed by atoms with Gasteiger partial charge in [0.1, 0.15) is 6.04 Å². The summed E-state index contributed by atoms with van der Waals surface area (Å²) in [5.41, 5.74) is 0. The maximum absolute atomic E-state index is 10.2. The van der Waals surface area contributed by atoms with Gasteiger partial charge in [0.15, 0.2) is 0 Å². The first-order chi connectivity index (χ1) is 4.63. The molecular formula is C4H8N4O2. The third-order valence-corrected chi connectivity index (χ3v) is 1.55. The fourth-order valence-electron chi connectivity index (χ4n) is 0.724. The number of likely N-dealkylation sites (N-methyl/N-ethyl adjacent to an activating group) is 1. The molecule has 56 valence electrons. The molecule has 0 fully saturated rings. The summed E-state index contributed by atoms with van der Waals surface area (Å²) in [5, 5.41) is 18.6. The molecule has 0 radical (unpaired) electrons. The Bertz CT molecular complexity index is 180. The smallest absolute Gasteiger partial charge is 0.270 e. The lowest BCUT2D eigenvalue weighted by Gasteiger charge is -2.11. The Labute approximate surface area is 57.7 Å². The van der Waals surface area contributed by atoms with Crippen molar-refractivity contribution in [3.05, 3.63) is 10.1 Å². The van der Waals surface area contributed by atoms with Crippen LogP contribution in [0.25, 0.3) is 0 Å². The molecule has 1 aliphatic heterocycles. The fraction of sp³-hybridized carbons (Fsp3) is 1.00. The van der Waals surface area contributed by atoms with E-state index >= 15 is 0 Å². The molecule has 10 heavy (non-hydrogen) atoms. The zero-order valence-corrected chi connectivity index (χ0v) is 5.76. The van der Waals surface area contributed by atoms with Crippen LogP contribution in [0.2, 0.25) is 0 Å². The molecule has 1 aliphatic rings. The topological polar surface area (TPSA) is 71.1 Å². The first-order valence-electron chi connectivity index (χ1n) is 2.90. The normalized spacial score (nSPS) is 31.2. The summed E-state index contributed by atoms with van der Waals surface area (Å²) in [7, 11) is 1.66. The molecular weight excluding hydrogens is 136 g/mol. The van der Waals surface area contributed by atoms with Gasteiger partial charge in [-0.2, -0.15) is 0 Å². The molecule has 1 rings (SSSR count). The number of hydrogen-bond donors (Lipinski definition) is 0. The van der Waals surface area contributed by atoms with Gasteiger partial charge in [-0.25, -0.2) is 0 Å². The summed E-state index contributed by atoms with van der Waals surface area (Å²) >= 11 is 0. The van der Waals surface area contributed by atoms with Crippen LogP contribution in [-0.2, 0) is 0 Å². The van der Waals surface area contributed by atoms with Gasteiger partial charge in [-0.05, 0) is 6.92 Å². The number of nitrogens with zero attached hydrogens (tertiary/aromatic N) is 4. The molecule has 2 atom stereocenters. The Kier molecular flexibility index (Phi) is 1.52. The average molecular weight is 144 g/mol. The zero-order valence-electron chi connectivity index (χ0n) is 5.76. The van der Waals surface area contributed by atoms with Gasteiger partial charge in [0.2, 0.25) is 0 Å². The summed E-state index contributed by atoms with van der Waals surface area (Å²) in [6.07, 6.45) is -0.884. The molecule has 0 amide bonds. The molecule has 0 bridgehead atoms. The van der Waals surface area contributed by atoms with E-state index in [0.717, 1.165) is 0 Å². The van der Waals surface area contributed by atoms with Crippen molar-refractivity contribution in [1.82, 2.24) is 5.01 Å². The Morgan fingerprint density at radius 1 is 1.70 bits per heavy atom. The largest absolute Gasteiger partial charge is 0.343 e. The van der Waals surface area contributed by atoms with Crippen LogP contribution in [0.3, 0.4) is 0 Å². The lowest BCUT2D eigenvalue weighted by atomic mass is 10.3. The average Bonchev–Trinajstić information content (AvgIpc) is 2.14. The Morgan fingerprint density at radius 3 is 2.50 bits per heavy atom. The highest BCUT2D eigenvalue weighted by Gasteiger charge is 2.35. The van der Waals surface area contributed by atoms with Crippen molar-refractivity contribution < 1.29 is 4.92 Å². The van der Waals surface area contributed by atoms with E-state index in [4.69, 9.17) is 0 Å². The van der Waals surface area contributed by atoms with E-state index < -0.39 is 11.1 Å². The highest BCUT2D eigenvalue weighted by molar-refractivity contribution is 4.71. The van der Waals surface area contributed by atoms with Crippen molar-refractivity contribution in [2.45, 2.75) is 19.1 Å². The SMILES string of the molecule is C[C@H]1[C@H]([N+](=O)[O-])N=NN1C. The minimum Gasteiger partial charge on any atom is -0.270 e. The second kappa shape index (κ2) is 2.20. The van der Waals surface area contributed by atoms with Gasteiger partial charge in [0.05, 0.1) is 4.92 Å². The van der Waals surface area contributed by atoms with Gasteiger partial charge >= 0.3 is 6.17 Å². The molecule has 0 saturated carbocycles. The number of rotatable bonds is 1. The predicted octanol–water partition coefficient (Wildman–Crippen LogP) is 0.290. The number of hydrogen-bond acceptors (Lipinski definition) is 5. The van der Waals surface area contributed by atoms with Gasteiger partial charge < -0.3 is 0 Å². The standard InChI is InChI=1S/C4H8N4O2/c1-3-4(8(9)10)5-6-7(3)2/h3-4H,1-2H3/t3-,4-/m0/s1. The van der Waals surface area contributed by atoms with Gasteiger partial charge in [0, 0.05) is 7.05 Å². The molecule has 6 heteroatoms. The van der Waals surface area contributed by atoms with Crippen molar-refractivity contribution in [2.24, 2.45) is 10.3 Å². The lowest BCUT2D eigenvalue weighted by Crippen LogP contribution is -2.34. The van der Waals surface area contributed by atoms with Crippen LogP contribution in [-0.4, -0.2) is 29.2 Å². The van der Waals surface area contributed by atoms with E-state index in [1.54, 1.807) is 14.0 Å². The molecule has 1 heterocycles. The highest BCUT2D eigenvalue weighted by atomic mass is 16.6. The molecule has 0 aromatic rings. The second-order valence-electron chi connectivity index (χ2n) is 2.22. The minimum absolute atomic E-state index is 0.227. The second-order valence-corrected chi connectivity index (χ2v) is 2.22. The van der Waals surface area contributed by atoms with Gasteiger partial charge in [-0.1, -0.05) is 10.3 Å². The molecule has 0 aromatic carbocycles. The third kappa shape index (κ3) is 0.916. The molecule has 0 aliphatic carbocycles. The first kappa shape index (κ1) is 6.91. The fourth-order valence-corrected chi connectivity index (χ4v) is 0.724. The van der Waals surface area contributed by atoms with Gasteiger partial charge in [0.25, 0.3) is 0 Å². The van der Waals surface area contributed by atoms with Crippen LogP contribution >= 0.6 is 0 Å². The Morgan fingerprint density at radius 2 is 2.30 bits per heavy atom. The summed E-state index contributed by atoms with van der Waals surface area (Å²) in [4.78, 5) is 9.75. The molecule has 0 aromatic heterocycles. The van der Waals surface area contributed by atoms with E-state index in [9.17, 15) is 10.1 Å². The molecule has 6 nitrogen and oxygen atoms in total. The Hall–Kier alpha value is -1.20. The van der Waals surface area contributed by atoms with Crippen LogP contribution in [0, 0.1) is 10.1 Å². The number of nitro groups is 1. The van der Waals surface area contributed by atoms with Crippen LogP contribution in [0.15, 0.2) is 10.3 Å². The van der Waals surface area contributed by atoms with Gasteiger partial charge in [-0.15, -0.1) is 0 Å². The van der Waals surface area contributed by atoms with Crippen molar-refractivity contribution in [2.75, 3.05) is 7.05 Å². The van der Waals surface area contributed by atoms with Crippen LogP contribution in [0.5, 0.6) is 0 Å². The van der Waals surface area contributed by atoms with Crippen molar-refractivity contribution in [1.29, 1.82) is 0 Å². The summed E-state index contributed by atoms with van der Waals surface area (Å²) in [5.74, 6) is 0. The van der Waals surface area contributed by atoms with Gasteiger partial charge in [-0.3, -0.25) is 15.1 Å². The summed E-state index contributed by atoms with van der Waals surface area (Å²) in [6, 6.07) is -0.227. The van der Waals surface area contributed by atoms with E-state index in [2.05, 4.69) is 10.3 Å². The first-order valence-corrected chi connectivity index (χ1v) is 2.90. The lowest BCUT2D eigenvalue weighted by molar-refractivity contribution is -0.524. The van der Waals surface area contributed by atoms with Crippen molar-refractivity contribution >= 4 is 0 Å².